The number of ether oxygens (including phenoxy) is 1. The highest BCUT2D eigenvalue weighted by atomic mass is 16.5. The van der Waals surface area contributed by atoms with Gasteiger partial charge in [0.05, 0.1) is 24.2 Å². The number of rotatable bonds is 3. The minimum absolute atomic E-state index is 0.0803. The van der Waals surface area contributed by atoms with Gasteiger partial charge in [0.1, 0.15) is 0 Å². The quantitative estimate of drug-likeness (QED) is 0.787. The average Bonchev–Trinajstić information content (AvgIpc) is 2.51. The summed E-state index contributed by atoms with van der Waals surface area (Å²) in [4.78, 5) is 14.3. The van der Waals surface area contributed by atoms with Gasteiger partial charge in [-0.25, -0.2) is 4.79 Å². The molecule has 4 nitrogen and oxygen atoms in total. The van der Waals surface area contributed by atoms with Gasteiger partial charge in [-0.3, -0.25) is 4.57 Å². The summed E-state index contributed by atoms with van der Waals surface area (Å²) < 4.78 is 6.62. The van der Waals surface area contributed by atoms with Crippen LogP contribution < -0.4 is 5.69 Å². The Kier molecular flexibility index (Phi) is 2.37. The molecule has 2 rings (SSSR count). The lowest BCUT2D eigenvalue weighted by Crippen LogP contribution is -2.18. The molecule has 0 aliphatic rings. The van der Waals surface area contributed by atoms with Gasteiger partial charge in [0, 0.05) is 7.11 Å². The van der Waals surface area contributed by atoms with E-state index in [1.165, 1.54) is 0 Å². The average molecular weight is 192 g/mol. The van der Waals surface area contributed by atoms with Crippen LogP contribution in [0.2, 0.25) is 0 Å². The van der Waals surface area contributed by atoms with Crippen LogP contribution in [-0.2, 0) is 11.3 Å². The van der Waals surface area contributed by atoms with Crippen LogP contribution in [0.3, 0.4) is 0 Å². The second-order valence-electron chi connectivity index (χ2n) is 3.09. The Hall–Kier alpha value is -1.55. The van der Waals surface area contributed by atoms with Gasteiger partial charge in [0.25, 0.3) is 0 Å². The Morgan fingerprint density at radius 1 is 1.43 bits per heavy atom. The van der Waals surface area contributed by atoms with E-state index in [1.54, 1.807) is 11.7 Å². The maximum absolute atomic E-state index is 11.5. The first-order valence-corrected chi connectivity index (χ1v) is 4.49. The van der Waals surface area contributed by atoms with E-state index >= 15 is 0 Å². The number of hydrogen-bond donors (Lipinski definition) is 1. The smallest absolute Gasteiger partial charge is 0.326 e. The van der Waals surface area contributed by atoms with Gasteiger partial charge in [-0.15, -0.1) is 0 Å². The van der Waals surface area contributed by atoms with Crippen molar-refractivity contribution in [3.8, 4) is 0 Å². The summed E-state index contributed by atoms with van der Waals surface area (Å²) >= 11 is 0. The fourth-order valence-electron chi connectivity index (χ4n) is 1.51. The SMILES string of the molecule is COCCn1c(=O)[nH]c2ccccc21. The van der Waals surface area contributed by atoms with Crippen LogP contribution in [0.25, 0.3) is 11.0 Å². The Labute approximate surface area is 81.1 Å². The van der Waals surface area contributed by atoms with E-state index in [0.717, 1.165) is 11.0 Å². The van der Waals surface area contributed by atoms with Crippen molar-refractivity contribution < 1.29 is 4.74 Å². The van der Waals surface area contributed by atoms with Crippen molar-refractivity contribution in [3.63, 3.8) is 0 Å². The van der Waals surface area contributed by atoms with Gasteiger partial charge >= 0.3 is 5.69 Å². The zero-order chi connectivity index (χ0) is 9.97. The van der Waals surface area contributed by atoms with E-state index in [1.807, 2.05) is 24.3 Å². The molecule has 1 heterocycles. The molecule has 1 aromatic heterocycles. The molecule has 2 aromatic rings. The molecular weight excluding hydrogens is 180 g/mol. The monoisotopic (exact) mass is 192 g/mol. The summed E-state index contributed by atoms with van der Waals surface area (Å²) in [6.45, 7) is 1.13. The van der Waals surface area contributed by atoms with Gasteiger partial charge in [0.2, 0.25) is 0 Å². The lowest BCUT2D eigenvalue weighted by atomic mass is 10.3. The summed E-state index contributed by atoms with van der Waals surface area (Å²) in [5.41, 5.74) is 1.71. The molecule has 0 atom stereocenters. The van der Waals surface area contributed by atoms with E-state index in [-0.39, 0.29) is 5.69 Å². The molecule has 4 heteroatoms. The third-order valence-corrected chi connectivity index (χ3v) is 2.20. The zero-order valence-corrected chi connectivity index (χ0v) is 7.99. The van der Waals surface area contributed by atoms with Gasteiger partial charge in [0.15, 0.2) is 0 Å². The van der Waals surface area contributed by atoms with Gasteiger partial charge in [-0.1, -0.05) is 12.1 Å². The molecule has 1 aromatic carbocycles. The Morgan fingerprint density at radius 3 is 3.00 bits per heavy atom. The highest BCUT2D eigenvalue weighted by Gasteiger charge is 2.04. The van der Waals surface area contributed by atoms with Crippen molar-refractivity contribution in [2.45, 2.75) is 6.54 Å². The molecule has 0 bridgehead atoms. The first-order chi connectivity index (χ1) is 6.83. The molecule has 0 radical (unpaired) electrons. The summed E-state index contributed by atoms with van der Waals surface area (Å²) in [5.74, 6) is 0. The third kappa shape index (κ3) is 1.44. The van der Waals surface area contributed by atoms with E-state index in [4.69, 9.17) is 4.74 Å². The fourth-order valence-corrected chi connectivity index (χ4v) is 1.51. The molecule has 74 valence electrons. The van der Waals surface area contributed by atoms with E-state index in [2.05, 4.69) is 4.98 Å². The number of para-hydroxylation sites is 2. The van der Waals surface area contributed by atoms with E-state index < -0.39 is 0 Å². The molecule has 0 unspecified atom stereocenters. The minimum Gasteiger partial charge on any atom is -0.383 e. The predicted octanol–water partition coefficient (Wildman–Crippen LogP) is 0.976. The van der Waals surface area contributed by atoms with Crippen molar-refractivity contribution in [3.05, 3.63) is 34.7 Å². The number of nitrogens with one attached hydrogen (secondary N) is 1. The van der Waals surface area contributed by atoms with Crippen molar-refractivity contribution >= 4 is 11.0 Å². The highest BCUT2D eigenvalue weighted by Crippen LogP contribution is 2.08. The second kappa shape index (κ2) is 3.67. The lowest BCUT2D eigenvalue weighted by molar-refractivity contribution is 0.187. The van der Waals surface area contributed by atoms with Crippen LogP contribution in [-0.4, -0.2) is 23.3 Å². The molecule has 0 spiro atoms. The number of aromatic nitrogens is 2. The van der Waals surface area contributed by atoms with Gasteiger partial charge in [-0.05, 0) is 12.1 Å². The minimum atomic E-state index is -0.0803. The summed E-state index contributed by atoms with van der Waals surface area (Å²) in [5, 5.41) is 0. The zero-order valence-electron chi connectivity index (χ0n) is 7.99. The molecule has 0 saturated carbocycles. The van der Waals surface area contributed by atoms with Crippen LogP contribution in [0.5, 0.6) is 0 Å². The molecule has 0 amide bonds. The first kappa shape index (κ1) is 9.02. The number of imidazole rings is 1. The molecular formula is C10H12N2O2. The second-order valence-corrected chi connectivity index (χ2v) is 3.09. The normalized spacial score (nSPS) is 10.9. The number of fused-ring (bicyclic) bond motifs is 1. The number of H-pyrrole nitrogens is 1. The highest BCUT2D eigenvalue weighted by molar-refractivity contribution is 5.74. The number of nitrogens with zero attached hydrogens (tertiary/aromatic N) is 1. The van der Waals surface area contributed by atoms with Gasteiger partial charge in [-0.2, -0.15) is 0 Å². The van der Waals surface area contributed by atoms with Crippen LogP contribution in [0.15, 0.2) is 29.1 Å². The largest absolute Gasteiger partial charge is 0.383 e. The topological polar surface area (TPSA) is 47.0 Å². The summed E-state index contributed by atoms with van der Waals surface area (Å²) in [7, 11) is 1.62. The van der Waals surface area contributed by atoms with E-state index in [0.29, 0.717) is 13.2 Å². The number of hydrogen-bond acceptors (Lipinski definition) is 2. The van der Waals surface area contributed by atoms with Gasteiger partial charge < -0.3 is 9.72 Å². The van der Waals surface area contributed by atoms with Crippen LogP contribution in [0.1, 0.15) is 0 Å². The summed E-state index contributed by atoms with van der Waals surface area (Å²) in [6, 6.07) is 7.63. The number of methoxy groups -OCH3 is 1. The van der Waals surface area contributed by atoms with Crippen molar-refractivity contribution in [2.24, 2.45) is 0 Å². The first-order valence-electron chi connectivity index (χ1n) is 4.49. The fraction of sp³-hybridized carbons (Fsp3) is 0.300. The number of benzene rings is 1. The summed E-state index contributed by atoms with van der Waals surface area (Å²) in [6.07, 6.45) is 0. The van der Waals surface area contributed by atoms with Crippen molar-refractivity contribution in [1.82, 2.24) is 9.55 Å². The molecule has 1 N–H and O–H groups in total. The van der Waals surface area contributed by atoms with Crippen LogP contribution >= 0.6 is 0 Å². The molecule has 0 saturated heterocycles. The Morgan fingerprint density at radius 2 is 2.21 bits per heavy atom. The lowest BCUT2D eigenvalue weighted by Gasteiger charge is -2.00. The van der Waals surface area contributed by atoms with Crippen molar-refractivity contribution in [2.75, 3.05) is 13.7 Å². The molecule has 14 heavy (non-hydrogen) atoms. The Bertz CT molecular complexity index is 484. The van der Waals surface area contributed by atoms with E-state index in [9.17, 15) is 4.79 Å². The molecule has 0 aliphatic carbocycles. The van der Waals surface area contributed by atoms with Crippen molar-refractivity contribution in [1.29, 1.82) is 0 Å². The Balaban J connectivity index is 2.51. The predicted molar refractivity (Wildman–Crippen MR) is 54.4 cm³/mol. The van der Waals surface area contributed by atoms with Crippen LogP contribution in [0.4, 0.5) is 0 Å². The maximum Gasteiger partial charge on any atom is 0.326 e. The molecule has 0 aliphatic heterocycles. The standard InChI is InChI=1S/C10H12N2O2/c1-14-7-6-12-9-5-3-2-4-8(9)11-10(12)13/h2-5H,6-7H2,1H3,(H,11,13). The molecule has 0 fully saturated rings. The maximum atomic E-state index is 11.5. The third-order valence-electron chi connectivity index (χ3n) is 2.20. The number of aromatic amines is 1. The van der Waals surface area contributed by atoms with Crippen LogP contribution in [0, 0.1) is 0 Å².